The van der Waals surface area contributed by atoms with Crippen molar-refractivity contribution >= 4 is 22.5 Å². The normalized spacial score (nSPS) is 32.4. The second-order valence-electron chi connectivity index (χ2n) is 16.9. The fourth-order valence-electron chi connectivity index (χ4n) is 11.5. The van der Waals surface area contributed by atoms with Gasteiger partial charge >= 0.3 is 0 Å². The summed E-state index contributed by atoms with van der Waals surface area (Å²) in [5.74, 6) is 2.59. The van der Waals surface area contributed by atoms with E-state index in [-0.39, 0.29) is 22.4 Å². The van der Waals surface area contributed by atoms with Crippen molar-refractivity contribution < 1.29 is 18.7 Å². The smallest absolute Gasteiger partial charge is 0.272 e. The number of nitrogens with one attached hydrogen (secondary N) is 1. The number of benzene rings is 2. The Bertz CT molecular complexity index is 1850. The molecule has 1 N–H and O–H groups in total. The molecule has 9 heteroatoms. The van der Waals surface area contributed by atoms with Gasteiger partial charge in [-0.15, -0.1) is 0 Å². The van der Waals surface area contributed by atoms with Gasteiger partial charge in [0.2, 0.25) is 0 Å². The average molecular weight is 697 g/mol. The molecule has 272 valence electrons. The van der Waals surface area contributed by atoms with Crippen LogP contribution < -0.4 is 5.56 Å². The van der Waals surface area contributed by atoms with E-state index in [2.05, 4.69) is 28.9 Å². The van der Waals surface area contributed by atoms with Crippen molar-refractivity contribution in [1.29, 1.82) is 0 Å². The van der Waals surface area contributed by atoms with Gasteiger partial charge in [-0.1, -0.05) is 38.1 Å². The van der Waals surface area contributed by atoms with Gasteiger partial charge < -0.3 is 9.64 Å². The van der Waals surface area contributed by atoms with E-state index in [1.165, 1.54) is 44.6 Å². The molecule has 2 heterocycles. The molecule has 0 spiro atoms. The van der Waals surface area contributed by atoms with E-state index in [1.807, 2.05) is 18.2 Å². The highest BCUT2D eigenvalue weighted by atomic mass is 19.1. The summed E-state index contributed by atoms with van der Waals surface area (Å²) in [5, 5.41) is 8.11. The van der Waals surface area contributed by atoms with Crippen LogP contribution in [-0.4, -0.2) is 77.1 Å². The van der Waals surface area contributed by atoms with Crippen molar-refractivity contribution in [3.05, 3.63) is 75.5 Å². The van der Waals surface area contributed by atoms with Crippen LogP contribution in [0.4, 0.5) is 4.39 Å². The number of nitrogens with zero attached hydrogens (tertiary/aromatic N) is 3. The van der Waals surface area contributed by atoms with Gasteiger partial charge in [-0.3, -0.25) is 19.3 Å². The number of carbonyl (C=O) groups is 2. The number of hydrogen-bond acceptors (Lipinski definition) is 6. The number of halogens is 1. The number of rotatable bonds is 8. The van der Waals surface area contributed by atoms with Crippen LogP contribution in [-0.2, 0) is 16.0 Å². The van der Waals surface area contributed by atoms with Gasteiger partial charge in [0.25, 0.3) is 11.5 Å². The topological polar surface area (TPSA) is 95.6 Å². The molecular weight excluding hydrogens is 643 g/mol. The summed E-state index contributed by atoms with van der Waals surface area (Å²) in [6, 6.07) is 12.0. The molecule has 5 aliphatic rings. The lowest BCUT2D eigenvalue weighted by Crippen LogP contribution is -2.54. The second-order valence-corrected chi connectivity index (χ2v) is 16.9. The standard InChI is InChI=1S/C42H53FN4O4/c1-41-16-14-29(48)26-28(41)9-10-32-34-11-13-38(42(34,2)17-15-35(32)41)51-23-5-18-46-19-21-47(22-20-46)40(50)33-24-27(8-12-36(33)43)25-37-30-6-3-4-7-31(30)39(49)45-44-37/h3-4,6-8,12,24,28,32,34-35,38H,5,9-11,13-23,25-26H2,1-2H3,(H,45,49)/t28-,32-,34-,35-,38?,41-,42-/m0/s1. The fourth-order valence-corrected chi connectivity index (χ4v) is 11.5. The number of aromatic nitrogens is 2. The maximum absolute atomic E-state index is 15.0. The summed E-state index contributed by atoms with van der Waals surface area (Å²) in [4.78, 5) is 42.1. The molecule has 1 amide bonds. The van der Waals surface area contributed by atoms with Crippen LogP contribution in [0.15, 0.2) is 47.3 Å². The predicted octanol–water partition coefficient (Wildman–Crippen LogP) is 6.80. The van der Waals surface area contributed by atoms with Crippen LogP contribution in [0.2, 0.25) is 0 Å². The third kappa shape index (κ3) is 6.36. The number of H-pyrrole nitrogens is 1. The molecule has 0 radical (unpaired) electrons. The van der Waals surface area contributed by atoms with Gasteiger partial charge in [0.05, 0.1) is 22.7 Å². The van der Waals surface area contributed by atoms with Crippen LogP contribution >= 0.6 is 0 Å². The number of hydrogen-bond donors (Lipinski definition) is 1. The fraction of sp³-hybridized carbons (Fsp3) is 0.619. The number of piperazine rings is 1. The molecular formula is C42H53FN4O4. The first-order valence-electron chi connectivity index (χ1n) is 19.5. The summed E-state index contributed by atoms with van der Waals surface area (Å²) in [6.07, 6.45) is 11.9. The van der Waals surface area contributed by atoms with E-state index in [4.69, 9.17) is 4.74 Å². The molecule has 5 fully saturated rings. The van der Waals surface area contributed by atoms with E-state index >= 15 is 0 Å². The van der Waals surface area contributed by atoms with Crippen LogP contribution in [0.3, 0.4) is 0 Å². The van der Waals surface area contributed by atoms with Crippen molar-refractivity contribution in [3.8, 4) is 0 Å². The summed E-state index contributed by atoms with van der Waals surface area (Å²) in [7, 11) is 0. The largest absolute Gasteiger partial charge is 0.378 e. The minimum absolute atomic E-state index is 0.0801. The molecule has 0 bridgehead atoms. The molecule has 1 aliphatic heterocycles. The average Bonchev–Trinajstić information content (AvgIpc) is 3.48. The highest BCUT2D eigenvalue weighted by Crippen LogP contribution is 2.66. The van der Waals surface area contributed by atoms with Gasteiger partial charge in [0.15, 0.2) is 0 Å². The van der Waals surface area contributed by atoms with Crippen LogP contribution in [0.5, 0.6) is 0 Å². The molecule has 8 rings (SSSR count). The number of aromatic amines is 1. The van der Waals surface area contributed by atoms with E-state index in [1.54, 1.807) is 23.1 Å². The molecule has 7 atom stereocenters. The SMILES string of the molecule is C[C@]12CCC(=O)C[C@@H]1CC[C@@H]1[C@@H]2CC[C@]2(C)C(OCCCN3CCN(C(=O)c4cc(Cc5n[nH]c(=O)c6ccccc56)ccc4F)CC3)CC[C@@H]12. The number of amides is 1. The Kier molecular flexibility index (Phi) is 9.41. The Morgan fingerprint density at radius 1 is 0.941 bits per heavy atom. The highest BCUT2D eigenvalue weighted by molar-refractivity contribution is 5.95. The van der Waals surface area contributed by atoms with Gasteiger partial charge in [-0.05, 0) is 110 Å². The Morgan fingerprint density at radius 3 is 2.55 bits per heavy atom. The van der Waals surface area contributed by atoms with Crippen LogP contribution in [0, 0.1) is 40.3 Å². The Labute approximate surface area is 300 Å². The summed E-state index contributed by atoms with van der Waals surface area (Å²) < 4.78 is 21.7. The summed E-state index contributed by atoms with van der Waals surface area (Å²) in [5.41, 5.74) is 1.89. The predicted molar refractivity (Wildman–Crippen MR) is 195 cm³/mol. The van der Waals surface area contributed by atoms with E-state index in [0.717, 1.165) is 80.6 Å². The van der Waals surface area contributed by atoms with E-state index in [9.17, 15) is 18.8 Å². The third-order valence-electron chi connectivity index (χ3n) is 14.4. The lowest BCUT2D eigenvalue weighted by molar-refractivity contribution is -0.145. The molecule has 51 heavy (non-hydrogen) atoms. The molecule has 3 aromatic rings. The van der Waals surface area contributed by atoms with Crippen molar-refractivity contribution in [1.82, 2.24) is 20.0 Å². The monoisotopic (exact) mass is 696 g/mol. The highest BCUT2D eigenvalue weighted by Gasteiger charge is 2.60. The Balaban J connectivity index is 0.811. The Hall–Kier alpha value is -3.43. The van der Waals surface area contributed by atoms with Crippen molar-refractivity contribution in [2.45, 2.75) is 90.6 Å². The minimum Gasteiger partial charge on any atom is -0.378 e. The number of fused-ring (bicyclic) bond motifs is 6. The first-order chi connectivity index (χ1) is 24.6. The number of ketones is 1. The second kappa shape index (κ2) is 13.8. The van der Waals surface area contributed by atoms with E-state index < -0.39 is 5.82 Å². The molecule has 4 aliphatic carbocycles. The Morgan fingerprint density at radius 2 is 1.73 bits per heavy atom. The first kappa shape index (κ1) is 34.6. The van der Waals surface area contributed by atoms with Gasteiger partial charge in [-0.2, -0.15) is 5.10 Å². The third-order valence-corrected chi connectivity index (χ3v) is 14.4. The molecule has 2 aromatic carbocycles. The van der Waals surface area contributed by atoms with Crippen LogP contribution in [0.1, 0.15) is 99.7 Å². The molecule has 1 saturated heterocycles. The lowest BCUT2D eigenvalue weighted by Gasteiger charge is -2.60. The van der Waals surface area contributed by atoms with Crippen LogP contribution in [0.25, 0.3) is 10.8 Å². The maximum Gasteiger partial charge on any atom is 0.272 e. The summed E-state index contributed by atoms with van der Waals surface area (Å²) in [6.45, 7) is 9.39. The van der Waals surface area contributed by atoms with Gasteiger partial charge in [-0.25, -0.2) is 9.49 Å². The first-order valence-corrected chi connectivity index (χ1v) is 19.5. The van der Waals surface area contributed by atoms with Gasteiger partial charge in [0.1, 0.15) is 11.6 Å². The van der Waals surface area contributed by atoms with E-state index in [0.29, 0.717) is 53.8 Å². The number of carbonyl (C=O) groups excluding carboxylic acids is 2. The summed E-state index contributed by atoms with van der Waals surface area (Å²) >= 11 is 0. The van der Waals surface area contributed by atoms with Crippen molar-refractivity contribution in [2.75, 3.05) is 39.3 Å². The lowest BCUT2D eigenvalue weighted by atomic mass is 9.45. The van der Waals surface area contributed by atoms with Crippen molar-refractivity contribution in [2.24, 2.45) is 34.5 Å². The minimum atomic E-state index is -0.522. The molecule has 1 aromatic heterocycles. The zero-order chi connectivity index (χ0) is 35.3. The molecule has 8 nitrogen and oxygen atoms in total. The zero-order valence-electron chi connectivity index (χ0n) is 30.3. The molecule has 1 unspecified atom stereocenters. The maximum atomic E-state index is 15.0. The molecule has 4 saturated carbocycles. The number of ether oxygens (including phenoxy) is 1. The number of Topliss-reactive ketones (excluding diaryl/α,β-unsaturated/α-hetero) is 1. The quantitative estimate of drug-likeness (QED) is 0.261. The van der Waals surface area contributed by atoms with Crippen molar-refractivity contribution in [3.63, 3.8) is 0 Å². The zero-order valence-corrected chi connectivity index (χ0v) is 30.3. The van der Waals surface area contributed by atoms with Gasteiger partial charge in [0, 0.05) is 64.0 Å².